The Bertz CT molecular complexity index is 668. The number of fused-ring (bicyclic) bond motifs is 1. The first-order valence-electron chi connectivity index (χ1n) is 7.24. The standard InChI is InChI=1S/C16H19N3O/c1-3-6-19-15-5-4-12(9-17)8-14(15)18-16(19)13-7-11(2)20-10-13/h4-5,8,11,13H,3,6-7,10H2,1-2H3. The van der Waals surface area contributed by atoms with E-state index in [9.17, 15) is 0 Å². The largest absolute Gasteiger partial charge is 0.378 e. The van der Waals surface area contributed by atoms with Gasteiger partial charge in [-0.1, -0.05) is 6.92 Å². The number of aromatic nitrogens is 2. The number of benzene rings is 1. The Hall–Kier alpha value is -1.86. The number of hydrogen-bond donors (Lipinski definition) is 0. The summed E-state index contributed by atoms with van der Waals surface area (Å²) in [6.07, 6.45) is 2.41. The molecule has 0 aliphatic carbocycles. The second-order valence-electron chi connectivity index (χ2n) is 5.51. The Morgan fingerprint density at radius 1 is 1.50 bits per heavy atom. The van der Waals surface area contributed by atoms with E-state index in [1.165, 1.54) is 0 Å². The molecule has 1 fully saturated rings. The molecule has 104 valence electrons. The van der Waals surface area contributed by atoms with Gasteiger partial charge in [-0.25, -0.2) is 4.98 Å². The molecule has 0 spiro atoms. The Kier molecular flexibility index (Phi) is 3.45. The minimum atomic E-state index is 0.310. The molecule has 2 atom stereocenters. The van der Waals surface area contributed by atoms with Crippen molar-refractivity contribution in [2.24, 2.45) is 0 Å². The monoisotopic (exact) mass is 269 g/mol. The maximum absolute atomic E-state index is 9.02. The lowest BCUT2D eigenvalue weighted by Crippen LogP contribution is -2.09. The highest BCUT2D eigenvalue weighted by Crippen LogP contribution is 2.31. The zero-order chi connectivity index (χ0) is 14.1. The molecule has 1 saturated heterocycles. The van der Waals surface area contributed by atoms with Crippen LogP contribution in [0.1, 0.15) is 44.0 Å². The lowest BCUT2D eigenvalue weighted by atomic mass is 10.1. The molecule has 1 aromatic carbocycles. The lowest BCUT2D eigenvalue weighted by molar-refractivity contribution is 0.123. The summed E-state index contributed by atoms with van der Waals surface area (Å²) in [5, 5.41) is 9.02. The van der Waals surface area contributed by atoms with E-state index in [1.54, 1.807) is 0 Å². The van der Waals surface area contributed by atoms with Crippen molar-refractivity contribution in [3.05, 3.63) is 29.6 Å². The molecule has 2 aromatic rings. The van der Waals surface area contributed by atoms with Crippen molar-refractivity contribution < 1.29 is 4.74 Å². The van der Waals surface area contributed by atoms with Gasteiger partial charge in [-0.2, -0.15) is 5.26 Å². The zero-order valence-electron chi connectivity index (χ0n) is 12.0. The summed E-state index contributed by atoms with van der Waals surface area (Å²) in [5.74, 6) is 1.48. The van der Waals surface area contributed by atoms with Crippen LogP contribution in [0, 0.1) is 11.3 Å². The summed E-state index contributed by atoms with van der Waals surface area (Å²) in [6, 6.07) is 7.94. The summed E-state index contributed by atoms with van der Waals surface area (Å²) in [5.41, 5.74) is 2.72. The van der Waals surface area contributed by atoms with Crippen LogP contribution >= 0.6 is 0 Å². The van der Waals surface area contributed by atoms with Crippen molar-refractivity contribution in [3.8, 4) is 6.07 Å². The molecule has 2 heterocycles. The molecular weight excluding hydrogens is 250 g/mol. The zero-order valence-corrected chi connectivity index (χ0v) is 12.0. The van der Waals surface area contributed by atoms with Gasteiger partial charge in [0, 0.05) is 12.5 Å². The first-order chi connectivity index (χ1) is 9.72. The molecule has 1 aliphatic heterocycles. The molecule has 0 bridgehead atoms. The third-order valence-electron chi connectivity index (χ3n) is 3.92. The van der Waals surface area contributed by atoms with Gasteiger partial charge in [0.2, 0.25) is 0 Å². The van der Waals surface area contributed by atoms with Gasteiger partial charge < -0.3 is 9.30 Å². The summed E-state index contributed by atoms with van der Waals surface area (Å²) >= 11 is 0. The van der Waals surface area contributed by atoms with Crippen LogP contribution in [0.4, 0.5) is 0 Å². The van der Waals surface area contributed by atoms with E-state index in [0.29, 0.717) is 17.6 Å². The molecule has 0 N–H and O–H groups in total. The molecule has 0 radical (unpaired) electrons. The van der Waals surface area contributed by atoms with E-state index in [4.69, 9.17) is 15.0 Å². The highest BCUT2D eigenvalue weighted by molar-refractivity contribution is 5.78. The number of imidazole rings is 1. The normalized spacial score (nSPS) is 22.2. The number of rotatable bonds is 3. The minimum Gasteiger partial charge on any atom is -0.378 e. The van der Waals surface area contributed by atoms with Gasteiger partial charge in [0.25, 0.3) is 0 Å². The second-order valence-corrected chi connectivity index (χ2v) is 5.51. The lowest BCUT2D eigenvalue weighted by Gasteiger charge is -2.11. The van der Waals surface area contributed by atoms with Crippen LogP contribution < -0.4 is 0 Å². The number of hydrogen-bond acceptors (Lipinski definition) is 3. The van der Waals surface area contributed by atoms with Crippen molar-refractivity contribution in [1.82, 2.24) is 9.55 Å². The second kappa shape index (κ2) is 5.26. The number of nitriles is 1. The summed E-state index contributed by atoms with van der Waals surface area (Å²) < 4.78 is 7.98. The summed E-state index contributed by atoms with van der Waals surface area (Å²) in [7, 11) is 0. The van der Waals surface area contributed by atoms with Crippen LogP contribution in [0.25, 0.3) is 11.0 Å². The van der Waals surface area contributed by atoms with E-state index in [0.717, 1.165) is 42.9 Å². The van der Waals surface area contributed by atoms with Crippen LogP contribution in [0.2, 0.25) is 0 Å². The first kappa shape index (κ1) is 13.1. The fourth-order valence-electron chi connectivity index (χ4n) is 2.99. The van der Waals surface area contributed by atoms with Crippen LogP contribution in [0.3, 0.4) is 0 Å². The topological polar surface area (TPSA) is 50.8 Å². The van der Waals surface area contributed by atoms with Crippen LogP contribution in [-0.2, 0) is 11.3 Å². The van der Waals surface area contributed by atoms with Crippen molar-refractivity contribution in [2.75, 3.05) is 6.61 Å². The van der Waals surface area contributed by atoms with Crippen LogP contribution in [0.5, 0.6) is 0 Å². The Morgan fingerprint density at radius 2 is 2.35 bits per heavy atom. The Balaban J connectivity index is 2.10. The van der Waals surface area contributed by atoms with E-state index in [2.05, 4.69) is 24.5 Å². The molecule has 20 heavy (non-hydrogen) atoms. The fraction of sp³-hybridized carbons (Fsp3) is 0.500. The first-order valence-corrected chi connectivity index (χ1v) is 7.24. The van der Waals surface area contributed by atoms with E-state index >= 15 is 0 Å². The number of nitrogens with zero attached hydrogens (tertiary/aromatic N) is 3. The van der Waals surface area contributed by atoms with Crippen molar-refractivity contribution in [2.45, 2.75) is 45.3 Å². The van der Waals surface area contributed by atoms with Gasteiger partial charge in [0.15, 0.2) is 0 Å². The van der Waals surface area contributed by atoms with Crippen LogP contribution in [0.15, 0.2) is 18.2 Å². The maximum atomic E-state index is 9.02. The molecule has 1 aliphatic rings. The van der Waals surface area contributed by atoms with Gasteiger partial charge in [0.1, 0.15) is 5.82 Å². The molecule has 4 nitrogen and oxygen atoms in total. The summed E-state index contributed by atoms with van der Waals surface area (Å²) in [4.78, 5) is 4.79. The highest BCUT2D eigenvalue weighted by atomic mass is 16.5. The van der Waals surface area contributed by atoms with E-state index < -0.39 is 0 Å². The molecule has 3 rings (SSSR count). The molecule has 1 aromatic heterocycles. The van der Waals surface area contributed by atoms with Gasteiger partial charge in [-0.15, -0.1) is 0 Å². The quantitative estimate of drug-likeness (QED) is 0.859. The van der Waals surface area contributed by atoms with Gasteiger partial charge >= 0.3 is 0 Å². The molecule has 0 saturated carbocycles. The average Bonchev–Trinajstić information content (AvgIpc) is 3.03. The molecule has 4 heteroatoms. The van der Waals surface area contributed by atoms with Gasteiger partial charge in [-0.3, -0.25) is 0 Å². The maximum Gasteiger partial charge on any atom is 0.115 e. The third kappa shape index (κ3) is 2.19. The number of ether oxygens (including phenoxy) is 1. The average molecular weight is 269 g/mol. The number of aryl methyl sites for hydroxylation is 1. The SMILES string of the molecule is CCCn1c(C2COC(C)C2)nc2cc(C#N)ccc21. The predicted octanol–water partition coefficient (Wildman–Crippen LogP) is 3.21. The van der Waals surface area contributed by atoms with Gasteiger partial charge in [-0.05, 0) is 38.0 Å². The molecule has 0 amide bonds. The Morgan fingerprint density at radius 3 is 3.00 bits per heavy atom. The van der Waals surface area contributed by atoms with Crippen molar-refractivity contribution in [3.63, 3.8) is 0 Å². The smallest absolute Gasteiger partial charge is 0.115 e. The van der Waals surface area contributed by atoms with Crippen molar-refractivity contribution in [1.29, 1.82) is 5.26 Å². The minimum absolute atomic E-state index is 0.310. The molecule has 2 unspecified atom stereocenters. The van der Waals surface area contributed by atoms with E-state index in [1.807, 2.05) is 18.2 Å². The predicted molar refractivity (Wildman–Crippen MR) is 77.5 cm³/mol. The third-order valence-corrected chi connectivity index (χ3v) is 3.92. The highest BCUT2D eigenvalue weighted by Gasteiger charge is 2.28. The van der Waals surface area contributed by atoms with Gasteiger partial charge in [0.05, 0.1) is 35.4 Å². The fourth-order valence-corrected chi connectivity index (χ4v) is 2.99. The van der Waals surface area contributed by atoms with Crippen molar-refractivity contribution >= 4 is 11.0 Å². The van der Waals surface area contributed by atoms with Crippen LogP contribution in [-0.4, -0.2) is 22.3 Å². The van der Waals surface area contributed by atoms with E-state index in [-0.39, 0.29) is 0 Å². The summed E-state index contributed by atoms with van der Waals surface area (Å²) in [6.45, 7) is 6.00. The Labute approximate surface area is 119 Å². The molecular formula is C16H19N3O.